The van der Waals surface area contributed by atoms with Crippen LogP contribution in [0.1, 0.15) is 11.1 Å². The first-order valence-corrected chi connectivity index (χ1v) is 6.93. The summed E-state index contributed by atoms with van der Waals surface area (Å²) >= 11 is 0.281. The maximum atomic E-state index is 5.15. The third kappa shape index (κ3) is 1.38. The van der Waals surface area contributed by atoms with Crippen LogP contribution in [0.2, 0.25) is 0 Å². The standard InChI is InChI=1S/C9H10OTe/c1-10-9-3-2-7-5-11-6-8(7)4-9/h2-4H,5-6H2,1H3. The van der Waals surface area contributed by atoms with Crippen LogP contribution in [-0.2, 0) is 8.94 Å². The first kappa shape index (κ1) is 7.46. The molecule has 0 N–H and O–H groups in total. The topological polar surface area (TPSA) is 9.23 Å². The normalized spacial score (nSPS) is 14.6. The average molecular weight is 262 g/mol. The molecule has 2 heteroatoms. The summed E-state index contributed by atoms with van der Waals surface area (Å²) in [6.07, 6.45) is 0. The van der Waals surface area contributed by atoms with Crippen molar-refractivity contribution in [2.75, 3.05) is 7.11 Å². The van der Waals surface area contributed by atoms with Crippen LogP contribution in [0.25, 0.3) is 0 Å². The molecule has 11 heavy (non-hydrogen) atoms. The number of methoxy groups -OCH3 is 1. The predicted molar refractivity (Wildman–Crippen MR) is 46.2 cm³/mol. The molecule has 0 atom stereocenters. The number of hydrogen-bond acceptors (Lipinski definition) is 1. The molecule has 1 aliphatic heterocycles. The van der Waals surface area contributed by atoms with Crippen molar-refractivity contribution >= 4 is 20.9 Å². The summed E-state index contributed by atoms with van der Waals surface area (Å²) in [5.41, 5.74) is 3.10. The zero-order valence-electron chi connectivity index (χ0n) is 6.46. The van der Waals surface area contributed by atoms with Gasteiger partial charge in [-0.2, -0.15) is 0 Å². The Morgan fingerprint density at radius 2 is 2.09 bits per heavy atom. The summed E-state index contributed by atoms with van der Waals surface area (Å²) in [5, 5.41) is 0. The van der Waals surface area contributed by atoms with Gasteiger partial charge >= 0.3 is 76.8 Å². The van der Waals surface area contributed by atoms with E-state index < -0.39 is 0 Å². The van der Waals surface area contributed by atoms with Crippen LogP contribution in [0.5, 0.6) is 5.75 Å². The van der Waals surface area contributed by atoms with Gasteiger partial charge < -0.3 is 0 Å². The molecule has 0 unspecified atom stereocenters. The Balaban J connectivity index is 2.41. The van der Waals surface area contributed by atoms with E-state index in [1.165, 1.54) is 14.5 Å². The van der Waals surface area contributed by atoms with Gasteiger partial charge in [0.2, 0.25) is 0 Å². The van der Waals surface area contributed by atoms with Crippen molar-refractivity contribution in [3.63, 3.8) is 0 Å². The Morgan fingerprint density at radius 3 is 2.91 bits per heavy atom. The number of hydrogen-bond donors (Lipinski definition) is 0. The van der Waals surface area contributed by atoms with Crippen molar-refractivity contribution in [1.82, 2.24) is 0 Å². The Morgan fingerprint density at radius 1 is 1.27 bits per heavy atom. The quantitative estimate of drug-likeness (QED) is 0.695. The van der Waals surface area contributed by atoms with Crippen LogP contribution >= 0.6 is 0 Å². The Kier molecular flexibility index (Phi) is 2.07. The Labute approximate surface area is 76.8 Å². The van der Waals surface area contributed by atoms with E-state index in [2.05, 4.69) is 18.2 Å². The fourth-order valence-electron chi connectivity index (χ4n) is 1.28. The summed E-state index contributed by atoms with van der Waals surface area (Å²) in [7, 11) is 1.73. The predicted octanol–water partition coefficient (Wildman–Crippen LogP) is 1.41. The average Bonchev–Trinajstić information content (AvgIpc) is 2.50. The molecule has 0 aliphatic carbocycles. The van der Waals surface area contributed by atoms with Gasteiger partial charge in [0.05, 0.1) is 0 Å². The molecular formula is C9H10OTe. The number of rotatable bonds is 1. The van der Waals surface area contributed by atoms with Crippen LogP contribution < -0.4 is 4.74 Å². The zero-order valence-corrected chi connectivity index (χ0v) is 8.79. The summed E-state index contributed by atoms with van der Waals surface area (Å²) in [6, 6.07) is 6.47. The summed E-state index contributed by atoms with van der Waals surface area (Å²) in [6.45, 7) is 0. The van der Waals surface area contributed by atoms with Gasteiger partial charge in [-0.1, -0.05) is 0 Å². The Bertz CT molecular complexity index is 270. The molecular weight excluding hydrogens is 252 g/mol. The molecule has 1 heterocycles. The van der Waals surface area contributed by atoms with Gasteiger partial charge in [0.1, 0.15) is 0 Å². The van der Waals surface area contributed by atoms with Gasteiger partial charge in [-0.05, 0) is 0 Å². The fourth-order valence-corrected chi connectivity index (χ4v) is 4.39. The van der Waals surface area contributed by atoms with E-state index in [4.69, 9.17) is 4.74 Å². The van der Waals surface area contributed by atoms with E-state index in [1.807, 2.05) is 0 Å². The van der Waals surface area contributed by atoms with Crippen molar-refractivity contribution in [3.05, 3.63) is 29.3 Å². The van der Waals surface area contributed by atoms with E-state index in [1.54, 1.807) is 12.7 Å². The first-order chi connectivity index (χ1) is 5.40. The third-order valence-electron chi connectivity index (χ3n) is 1.93. The van der Waals surface area contributed by atoms with E-state index in [0.717, 1.165) is 5.75 Å². The van der Waals surface area contributed by atoms with Gasteiger partial charge in [-0.15, -0.1) is 0 Å². The van der Waals surface area contributed by atoms with Gasteiger partial charge in [-0.3, -0.25) is 0 Å². The fraction of sp³-hybridized carbons (Fsp3) is 0.333. The first-order valence-electron chi connectivity index (χ1n) is 3.63. The summed E-state index contributed by atoms with van der Waals surface area (Å²) < 4.78 is 7.89. The molecule has 1 nitrogen and oxygen atoms in total. The van der Waals surface area contributed by atoms with Crippen molar-refractivity contribution in [2.45, 2.75) is 8.94 Å². The molecule has 0 saturated carbocycles. The minimum absolute atomic E-state index is 0.281. The number of fused-ring (bicyclic) bond motifs is 1. The molecule has 0 bridgehead atoms. The molecule has 2 rings (SSSR count). The van der Waals surface area contributed by atoms with Crippen molar-refractivity contribution < 1.29 is 4.74 Å². The van der Waals surface area contributed by atoms with Crippen molar-refractivity contribution in [3.8, 4) is 5.75 Å². The van der Waals surface area contributed by atoms with E-state index in [-0.39, 0.29) is 20.9 Å². The molecule has 1 aromatic rings. The van der Waals surface area contributed by atoms with Crippen molar-refractivity contribution in [2.24, 2.45) is 0 Å². The van der Waals surface area contributed by atoms with E-state index >= 15 is 0 Å². The molecule has 0 aromatic heterocycles. The summed E-state index contributed by atoms with van der Waals surface area (Å²) in [5.74, 6) is 1.01. The molecule has 0 fully saturated rings. The molecule has 0 spiro atoms. The Hall–Kier alpha value is -0.190. The van der Waals surface area contributed by atoms with Gasteiger partial charge in [0, 0.05) is 0 Å². The number of benzene rings is 1. The molecule has 0 radical (unpaired) electrons. The van der Waals surface area contributed by atoms with Gasteiger partial charge in [0.15, 0.2) is 0 Å². The van der Waals surface area contributed by atoms with Crippen LogP contribution in [0.3, 0.4) is 0 Å². The zero-order chi connectivity index (χ0) is 7.68. The van der Waals surface area contributed by atoms with Crippen molar-refractivity contribution in [1.29, 1.82) is 0 Å². The van der Waals surface area contributed by atoms with Crippen LogP contribution in [0.15, 0.2) is 18.2 Å². The van der Waals surface area contributed by atoms with Crippen LogP contribution in [0, 0.1) is 0 Å². The van der Waals surface area contributed by atoms with E-state index in [9.17, 15) is 0 Å². The van der Waals surface area contributed by atoms with E-state index in [0.29, 0.717) is 0 Å². The second-order valence-corrected chi connectivity index (χ2v) is 5.44. The van der Waals surface area contributed by atoms with Crippen LogP contribution in [0.4, 0.5) is 0 Å². The van der Waals surface area contributed by atoms with Gasteiger partial charge in [0.25, 0.3) is 0 Å². The molecule has 1 aliphatic rings. The maximum absolute atomic E-state index is 5.15. The van der Waals surface area contributed by atoms with Gasteiger partial charge in [-0.25, -0.2) is 0 Å². The molecule has 0 amide bonds. The minimum atomic E-state index is 0.281. The molecule has 1 aromatic carbocycles. The van der Waals surface area contributed by atoms with Crippen LogP contribution in [-0.4, -0.2) is 28.0 Å². The second kappa shape index (κ2) is 3.05. The molecule has 0 saturated heterocycles. The number of ether oxygens (including phenoxy) is 1. The SMILES string of the molecule is COc1ccc2c(c1)C[Te]C2. The monoisotopic (exact) mass is 264 g/mol. The molecule has 58 valence electrons. The summed E-state index contributed by atoms with van der Waals surface area (Å²) in [4.78, 5) is 0. The third-order valence-corrected chi connectivity index (χ3v) is 4.87. The second-order valence-electron chi connectivity index (χ2n) is 2.63.